The van der Waals surface area contributed by atoms with Crippen LogP contribution in [0.15, 0.2) is 9.59 Å². The number of unbranched alkanes of at least 4 members (excludes halogenated alkanes) is 2. The number of nitrogens with zero attached hydrogens (tertiary/aromatic N) is 2. The number of aliphatic hydroxyl groups excluding tert-OH is 2. The van der Waals surface area contributed by atoms with Gasteiger partial charge in [-0.3, -0.25) is 19.6 Å². The maximum atomic E-state index is 12.3. The highest BCUT2D eigenvalue weighted by atomic mass is 32.1. The molecule has 0 amide bonds. The number of nitrogen functional groups attached to an aromatic ring is 1. The van der Waals surface area contributed by atoms with Crippen molar-refractivity contribution in [3.05, 3.63) is 20.8 Å². The lowest BCUT2D eigenvalue weighted by molar-refractivity contribution is -0.150. The number of esters is 1. The van der Waals surface area contributed by atoms with Gasteiger partial charge in [0.15, 0.2) is 17.4 Å². The molecule has 1 fully saturated rings. The topological polar surface area (TPSA) is 186 Å². The average molecular weight is 429 g/mol. The number of fused-ring (bicyclic) bond motifs is 1. The molecule has 0 radical (unpaired) electrons. The highest BCUT2D eigenvalue weighted by molar-refractivity contribution is 7.80. The number of hydrogen-bond acceptors (Lipinski definition) is 10. The first-order chi connectivity index (χ1) is 13.8. The summed E-state index contributed by atoms with van der Waals surface area (Å²) in [5.41, 5.74) is 3.80. The van der Waals surface area contributed by atoms with Gasteiger partial charge in [0.05, 0.1) is 0 Å². The summed E-state index contributed by atoms with van der Waals surface area (Å²) in [5, 5.41) is 20.6. The molecule has 29 heavy (non-hydrogen) atoms. The molecule has 12 nitrogen and oxygen atoms in total. The molecule has 1 saturated heterocycles. The first kappa shape index (κ1) is 21.4. The van der Waals surface area contributed by atoms with E-state index in [4.69, 9.17) is 15.2 Å². The number of hydrogen-bond donors (Lipinski definition) is 6. The minimum absolute atomic E-state index is 0.130. The third-order valence-corrected chi connectivity index (χ3v) is 4.95. The minimum Gasteiger partial charge on any atom is -0.463 e. The van der Waals surface area contributed by atoms with Crippen LogP contribution in [0, 0.1) is 0 Å². The molecule has 0 aromatic carbocycles. The molecular formula is C16H23N5O7S. The van der Waals surface area contributed by atoms with Gasteiger partial charge in [0, 0.05) is 6.42 Å². The van der Waals surface area contributed by atoms with Gasteiger partial charge in [0.2, 0.25) is 5.95 Å². The first-order valence-corrected chi connectivity index (χ1v) is 9.74. The molecule has 1 aliphatic heterocycles. The third-order valence-electron chi connectivity index (χ3n) is 4.64. The van der Waals surface area contributed by atoms with Gasteiger partial charge in [-0.15, -0.1) is 0 Å². The van der Waals surface area contributed by atoms with Crippen molar-refractivity contribution in [2.45, 2.75) is 50.2 Å². The molecule has 2 aromatic heterocycles. The van der Waals surface area contributed by atoms with Crippen LogP contribution in [0.25, 0.3) is 11.2 Å². The first-order valence-electron chi connectivity index (χ1n) is 9.11. The SMILES string of the molecule is Nc1nc2c([nH]c(=O)n2[C@H]2O[C@@H](COC(=O)CCCCCS)C(O)C2O)c(=O)[nH]1. The fourth-order valence-corrected chi connectivity index (χ4v) is 3.37. The van der Waals surface area contributed by atoms with Gasteiger partial charge in [0.1, 0.15) is 24.9 Å². The average Bonchev–Trinajstić information content (AvgIpc) is 3.14. The summed E-state index contributed by atoms with van der Waals surface area (Å²) >= 11 is 4.10. The fraction of sp³-hybridized carbons (Fsp3) is 0.625. The van der Waals surface area contributed by atoms with Crippen molar-refractivity contribution < 1.29 is 24.5 Å². The minimum atomic E-state index is -1.52. The van der Waals surface area contributed by atoms with Gasteiger partial charge in [-0.1, -0.05) is 6.42 Å². The van der Waals surface area contributed by atoms with Gasteiger partial charge in [-0.05, 0) is 18.6 Å². The van der Waals surface area contributed by atoms with Gasteiger partial charge in [-0.25, -0.2) is 9.36 Å². The Kier molecular flexibility index (Phi) is 6.62. The van der Waals surface area contributed by atoms with Crippen molar-refractivity contribution in [2.75, 3.05) is 18.1 Å². The molecule has 1 aliphatic rings. The van der Waals surface area contributed by atoms with Crippen LogP contribution in [-0.2, 0) is 14.3 Å². The Hall–Kier alpha value is -2.35. The van der Waals surface area contributed by atoms with Crippen LogP contribution >= 0.6 is 12.6 Å². The summed E-state index contributed by atoms with van der Waals surface area (Å²) in [7, 11) is 0. The molecule has 3 rings (SSSR count). The zero-order valence-corrected chi connectivity index (χ0v) is 16.3. The number of imidazole rings is 1. The smallest absolute Gasteiger partial charge is 0.330 e. The number of aromatic nitrogens is 4. The number of nitrogens with two attached hydrogens (primary N) is 1. The largest absolute Gasteiger partial charge is 0.463 e. The predicted molar refractivity (Wildman–Crippen MR) is 105 cm³/mol. The molecule has 2 unspecified atom stereocenters. The fourth-order valence-electron chi connectivity index (χ4n) is 3.15. The quantitative estimate of drug-likeness (QED) is 0.168. The highest BCUT2D eigenvalue weighted by Gasteiger charge is 2.45. The van der Waals surface area contributed by atoms with E-state index in [9.17, 15) is 24.6 Å². The van der Waals surface area contributed by atoms with Crippen LogP contribution in [0.2, 0.25) is 0 Å². The van der Waals surface area contributed by atoms with Crippen LogP contribution in [0.3, 0.4) is 0 Å². The molecule has 0 aliphatic carbocycles. The van der Waals surface area contributed by atoms with E-state index >= 15 is 0 Å². The molecule has 6 N–H and O–H groups in total. The molecular weight excluding hydrogens is 406 g/mol. The maximum Gasteiger partial charge on any atom is 0.330 e. The number of carbonyl (C=O) groups is 1. The van der Waals surface area contributed by atoms with Crippen molar-refractivity contribution >= 4 is 35.7 Å². The van der Waals surface area contributed by atoms with E-state index in [0.717, 1.165) is 23.2 Å². The van der Waals surface area contributed by atoms with Crippen molar-refractivity contribution in [3.63, 3.8) is 0 Å². The number of thiol groups is 1. The summed E-state index contributed by atoms with van der Waals surface area (Å²) in [4.78, 5) is 44.5. The normalized spacial score (nSPS) is 24.2. The molecule has 4 atom stereocenters. The summed E-state index contributed by atoms with van der Waals surface area (Å²) < 4.78 is 11.6. The van der Waals surface area contributed by atoms with E-state index in [1.165, 1.54) is 0 Å². The Bertz CT molecular complexity index is 986. The van der Waals surface area contributed by atoms with E-state index in [1.54, 1.807) is 0 Å². The summed E-state index contributed by atoms with van der Waals surface area (Å²) in [5.74, 6) is 0.0607. The van der Waals surface area contributed by atoms with E-state index in [-0.39, 0.29) is 30.1 Å². The highest BCUT2D eigenvalue weighted by Crippen LogP contribution is 2.30. The lowest BCUT2D eigenvalue weighted by Crippen LogP contribution is -2.35. The summed E-state index contributed by atoms with van der Waals surface area (Å²) in [6, 6.07) is 0. The van der Waals surface area contributed by atoms with E-state index in [2.05, 4.69) is 27.6 Å². The Morgan fingerprint density at radius 2 is 2.00 bits per heavy atom. The van der Waals surface area contributed by atoms with E-state index < -0.39 is 41.8 Å². The number of aliphatic hydroxyl groups is 2. The number of rotatable bonds is 8. The number of H-pyrrole nitrogens is 2. The standard InChI is InChI=1S/C16H23N5O7S/c17-15-19-12-9(13(25)20-15)18-16(26)21(12)14-11(24)10(23)7(28-14)6-27-8(22)4-2-1-3-5-29/h7,10-11,14,23-24,29H,1-6H2,(H,18,26)(H3,17,19,20,25)/t7-,10?,11?,14-/m0/s1. The molecule has 0 spiro atoms. The number of carbonyl (C=O) groups excluding carboxylic acids is 1. The van der Waals surface area contributed by atoms with Crippen LogP contribution in [-0.4, -0.2) is 66.4 Å². The Morgan fingerprint density at radius 3 is 2.72 bits per heavy atom. The predicted octanol–water partition coefficient (Wildman–Crippen LogP) is -1.35. The molecule has 3 heterocycles. The van der Waals surface area contributed by atoms with E-state index in [0.29, 0.717) is 6.42 Å². The second kappa shape index (κ2) is 8.98. The monoisotopic (exact) mass is 429 g/mol. The number of nitrogens with one attached hydrogen (secondary N) is 2. The number of anilines is 1. The zero-order chi connectivity index (χ0) is 21.1. The second-order valence-corrected chi connectivity index (χ2v) is 7.16. The lowest BCUT2D eigenvalue weighted by atomic mass is 10.1. The van der Waals surface area contributed by atoms with Crippen molar-refractivity contribution in [2.24, 2.45) is 0 Å². The second-order valence-electron chi connectivity index (χ2n) is 6.71. The molecule has 0 bridgehead atoms. The zero-order valence-electron chi connectivity index (χ0n) is 15.4. The Balaban J connectivity index is 1.71. The number of aromatic amines is 2. The number of ether oxygens (including phenoxy) is 2. The van der Waals surface area contributed by atoms with Gasteiger partial charge < -0.3 is 25.4 Å². The molecule has 160 valence electrons. The molecule has 0 saturated carbocycles. The maximum absolute atomic E-state index is 12.3. The van der Waals surface area contributed by atoms with Crippen molar-refractivity contribution in [3.8, 4) is 0 Å². The lowest BCUT2D eigenvalue weighted by Gasteiger charge is -2.15. The summed E-state index contributed by atoms with van der Waals surface area (Å²) in [6.45, 7) is -0.298. The third kappa shape index (κ3) is 4.47. The van der Waals surface area contributed by atoms with Crippen LogP contribution in [0.1, 0.15) is 31.9 Å². The molecule has 2 aromatic rings. The van der Waals surface area contributed by atoms with Gasteiger partial charge in [-0.2, -0.15) is 17.6 Å². The van der Waals surface area contributed by atoms with E-state index in [1.807, 2.05) is 0 Å². The summed E-state index contributed by atoms with van der Waals surface area (Å²) in [6.07, 6.45) is -2.73. The van der Waals surface area contributed by atoms with Crippen LogP contribution < -0.4 is 17.0 Å². The molecule has 13 heteroatoms. The van der Waals surface area contributed by atoms with Crippen molar-refractivity contribution in [1.29, 1.82) is 0 Å². The van der Waals surface area contributed by atoms with Crippen LogP contribution in [0.5, 0.6) is 0 Å². The Morgan fingerprint density at radius 1 is 1.24 bits per heavy atom. The Labute approximate surface area is 169 Å². The van der Waals surface area contributed by atoms with Crippen molar-refractivity contribution in [1.82, 2.24) is 19.5 Å². The van der Waals surface area contributed by atoms with Gasteiger partial charge >= 0.3 is 11.7 Å². The van der Waals surface area contributed by atoms with Crippen LogP contribution in [0.4, 0.5) is 5.95 Å². The van der Waals surface area contributed by atoms with Gasteiger partial charge in [0.25, 0.3) is 5.56 Å².